The number of aliphatic imine (C=N–C) groups is 1. The van der Waals surface area contributed by atoms with E-state index in [0.29, 0.717) is 36.5 Å². The highest BCUT2D eigenvalue weighted by atomic mass is 16.6. The lowest BCUT2D eigenvalue weighted by atomic mass is 9.69. The van der Waals surface area contributed by atoms with Gasteiger partial charge >= 0.3 is 5.97 Å². The van der Waals surface area contributed by atoms with Crippen molar-refractivity contribution in [2.45, 2.75) is 31.6 Å². The summed E-state index contributed by atoms with van der Waals surface area (Å²) >= 11 is 0. The summed E-state index contributed by atoms with van der Waals surface area (Å²) in [6, 6.07) is 15.3. The largest absolute Gasteiger partial charge is 0.497 e. The Morgan fingerprint density at radius 3 is 2.37 bits per heavy atom. The van der Waals surface area contributed by atoms with Gasteiger partial charge in [-0.25, -0.2) is 0 Å². The standard InChI is InChI=1S/C28H31NO6/c1-17-25(28(31)35-13-12-32-2)26(19-6-5-7-22(14-19)34-4)27-23(29-17)15-20(16-24(27)30)18-8-10-21(33-3)11-9-18/h5-11,14,20,25-26H,12-13,15-16H2,1-4H3/t20-,25?,26+/m0/s1. The average molecular weight is 478 g/mol. The third-order valence-electron chi connectivity index (χ3n) is 6.71. The summed E-state index contributed by atoms with van der Waals surface area (Å²) in [4.78, 5) is 31.7. The molecule has 0 N–H and O–H groups in total. The molecule has 0 bridgehead atoms. The van der Waals surface area contributed by atoms with Crippen LogP contribution in [0.3, 0.4) is 0 Å². The monoisotopic (exact) mass is 477 g/mol. The first-order chi connectivity index (χ1) is 17.0. The van der Waals surface area contributed by atoms with E-state index in [1.54, 1.807) is 21.3 Å². The van der Waals surface area contributed by atoms with Crippen LogP contribution in [-0.2, 0) is 19.1 Å². The molecular weight excluding hydrogens is 446 g/mol. The fraction of sp³-hybridized carbons (Fsp3) is 0.393. The Hall–Kier alpha value is -3.45. The van der Waals surface area contributed by atoms with Crippen molar-refractivity contribution in [2.75, 3.05) is 34.5 Å². The van der Waals surface area contributed by atoms with E-state index in [9.17, 15) is 9.59 Å². The molecule has 0 spiro atoms. The number of hydrogen-bond acceptors (Lipinski definition) is 7. The van der Waals surface area contributed by atoms with E-state index in [1.807, 2.05) is 55.5 Å². The van der Waals surface area contributed by atoms with Gasteiger partial charge in [0, 0.05) is 36.4 Å². The second kappa shape index (κ2) is 10.9. The predicted molar refractivity (Wildman–Crippen MR) is 132 cm³/mol. The highest BCUT2D eigenvalue weighted by Crippen LogP contribution is 2.47. The number of Topliss-reactive ketones (excluding diaryl/α,β-unsaturated/α-hetero) is 1. The summed E-state index contributed by atoms with van der Waals surface area (Å²) < 4.78 is 21.2. The van der Waals surface area contributed by atoms with Gasteiger partial charge in [-0.2, -0.15) is 0 Å². The maximum absolute atomic E-state index is 13.7. The van der Waals surface area contributed by atoms with Crippen LogP contribution in [-0.4, -0.2) is 52.0 Å². The number of ether oxygens (including phenoxy) is 4. The Morgan fingerprint density at radius 2 is 1.69 bits per heavy atom. The summed E-state index contributed by atoms with van der Waals surface area (Å²) in [6.07, 6.45) is 0.974. The first-order valence-corrected chi connectivity index (χ1v) is 11.7. The zero-order valence-corrected chi connectivity index (χ0v) is 20.6. The number of nitrogens with zero attached hydrogens (tertiary/aromatic N) is 1. The van der Waals surface area contributed by atoms with Crippen LogP contribution in [0.5, 0.6) is 11.5 Å². The number of esters is 1. The van der Waals surface area contributed by atoms with E-state index < -0.39 is 17.8 Å². The molecule has 1 aliphatic heterocycles. The summed E-state index contributed by atoms with van der Waals surface area (Å²) in [5.41, 5.74) is 3.88. The van der Waals surface area contributed by atoms with E-state index in [4.69, 9.17) is 23.9 Å². The van der Waals surface area contributed by atoms with Crippen molar-refractivity contribution in [1.29, 1.82) is 0 Å². The van der Waals surface area contributed by atoms with Crippen LogP contribution >= 0.6 is 0 Å². The zero-order valence-electron chi connectivity index (χ0n) is 20.6. The maximum Gasteiger partial charge on any atom is 0.315 e. The summed E-state index contributed by atoms with van der Waals surface area (Å²) in [5, 5.41) is 0. The van der Waals surface area contributed by atoms with Crippen LogP contribution in [0.1, 0.15) is 42.7 Å². The molecule has 0 saturated carbocycles. The van der Waals surface area contributed by atoms with Gasteiger partial charge in [0.25, 0.3) is 0 Å². The molecule has 0 saturated heterocycles. The number of rotatable bonds is 8. The molecule has 7 nitrogen and oxygen atoms in total. The van der Waals surface area contributed by atoms with Crippen LogP contribution < -0.4 is 9.47 Å². The van der Waals surface area contributed by atoms with Gasteiger partial charge in [-0.1, -0.05) is 24.3 Å². The third-order valence-corrected chi connectivity index (χ3v) is 6.71. The van der Waals surface area contributed by atoms with Crippen molar-refractivity contribution >= 4 is 17.5 Å². The number of carbonyl (C=O) groups excluding carboxylic acids is 2. The third kappa shape index (κ3) is 5.15. The summed E-state index contributed by atoms with van der Waals surface area (Å²) in [5.74, 6) is -0.138. The number of carbonyl (C=O) groups is 2. The highest BCUT2D eigenvalue weighted by molar-refractivity contribution is 6.09. The number of methoxy groups -OCH3 is 3. The lowest BCUT2D eigenvalue weighted by molar-refractivity contribution is -0.147. The van der Waals surface area contributed by atoms with Crippen molar-refractivity contribution in [3.63, 3.8) is 0 Å². The minimum atomic E-state index is -0.695. The SMILES string of the molecule is COCCOC(=O)C1C(C)=NC2=C(C(=O)C[C@@H](c3ccc(OC)cc3)C2)[C@@H]1c1cccc(OC)c1. The number of ketones is 1. The molecule has 1 heterocycles. The van der Waals surface area contributed by atoms with E-state index in [0.717, 1.165) is 22.6 Å². The lowest BCUT2D eigenvalue weighted by Gasteiger charge is -2.36. The topological polar surface area (TPSA) is 83.4 Å². The summed E-state index contributed by atoms with van der Waals surface area (Å²) in [6.45, 7) is 2.28. The van der Waals surface area contributed by atoms with E-state index in [2.05, 4.69) is 0 Å². The molecule has 2 aliphatic rings. The number of benzene rings is 2. The van der Waals surface area contributed by atoms with Crippen molar-refractivity contribution in [3.05, 3.63) is 70.9 Å². The average Bonchev–Trinajstić information content (AvgIpc) is 2.87. The molecule has 0 radical (unpaired) electrons. The quantitative estimate of drug-likeness (QED) is 0.412. The van der Waals surface area contributed by atoms with Crippen molar-refractivity contribution in [2.24, 2.45) is 10.9 Å². The molecule has 0 fully saturated rings. The van der Waals surface area contributed by atoms with Gasteiger partial charge in [0.05, 0.1) is 20.8 Å². The molecule has 7 heteroatoms. The van der Waals surface area contributed by atoms with E-state index in [-0.39, 0.29) is 18.3 Å². The fourth-order valence-electron chi connectivity index (χ4n) is 4.99. The van der Waals surface area contributed by atoms with Gasteiger partial charge in [0.2, 0.25) is 0 Å². The number of hydrogen-bond donors (Lipinski definition) is 0. The normalized spacial score (nSPS) is 21.8. The van der Waals surface area contributed by atoms with Gasteiger partial charge in [-0.15, -0.1) is 0 Å². The van der Waals surface area contributed by atoms with Gasteiger partial charge in [-0.05, 0) is 54.7 Å². The molecule has 1 aliphatic carbocycles. The number of allylic oxidation sites excluding steroid dienone is 2. The second-order valence-electron chi connectivity index (χ2n) is 8.81. The second-order valence-corrected chi connectivity index (χ2v) is 8.81. The van der Waals surface area contributed by atoms with Crippen molar-refractivity contribution in [1.82, 2.24) is 0 Å². The van der Waals surface area contributed by atoms with Crippen LogP contribution in [0.15, 0.2) is 64.8 Å². The molecular formula is C28H31NO6. The smallest absolute Gasteiger partial charge is 0.315 e. The Bertz CT molecular complexity index is 1150. The fourth-order valence-corrected chi connectivity index (χ4v) is 4.99. The van der Waals surface area contributed by atoms with Crippen LogP contribution in [0.2, 0.25) is 0 Å². The van der Waals surface area contributed by atoms with Crippen LogP contribution in [0.4, 0.5) is 0 Å². The molecule has 184 valence electrons. The zero-order chi connectivity index (χ0) is 24.9. The molecule has 2 aromatic carbocycles. The first-order valence-electron chi connectivity index (χ1n) is 11.7. The maximum atomic E-state index is 13.7. The highest BCUT2D eigenvalue weighted by Gasteiger charge is 2.44. The lowest BCUT2D eigenvalue weighted by Crippen LogP contribution is -2.38. The van der Waals surface area contributed by atoms with Gasteiger partial charge < -0.3 is 18.9 Å². The Kier molecular flexibility index (Phi) is 7.66. The van der Waals surface area contributed by atoms with Crippen LogP contribution in [0, 0.1) is 5.92 Å². The molecule has 0 amide bonds. The molecule has 0 aromatic heterocycles. The van der Waals surface area contributed by atoms with Gasteiger partial charge in [0.15, 0.2) is 5.78 Å². The van der Waals surface area contributed by atoms with Crippen molar-refractivity contribution < 1.29 is 28.5 Å². The Labute approximate surface area is 205 Å². The minimum absolute atomic E-state index is 0.00540. The Balaban J connectivity index is 1.74. The van der Waals surface area contributed by atoms with E-state index >= 15 is 0 Å². The summed E-state index contributed by atoms with van der Waals surface area (Å²) in [7, 11) is 4.78. The van der Waals surface area contributed by atoms with Crippen molar-refractivity contribution in [3.8, 4) is 11.5 Å². The van der Waals surface area contributed by atoms with Crippen LogP contribution in [0.25, 0.3) is 0 Å². The molecule has 4 rings (SSSR count). The first kappa shape index (κ1) is 24.7. The van der Waals surface area contributed by atoms with Gasteiger partial charge in [0.1, 0.15) is 24.0 Å². The predicted octanol–water partition coefficient (Wildman–Crippen LogP) is 4.47. The molecule has 3 atom stereocenters. The van der Waals surface area contributed by atoms with Gasteiger partial charge in [-0.3, -0.25) is 14.6 Å². The molecule has 1 unspecified atom stereocenters. The Morgan fingerprint density at radius 1 is 0.943 bits per heavy atom. The minimum Gasteiger partial charge on any atom is -0.497 e. The van der Waals surface area contributed by atoms with E-state index in [1.165, 1.54) is 0 Å². The molecule has 35 heavy (non-hydrogen) atoms. The molecule has 2 aromatic rings.